The molecule has 2 fully saturated rings. The Morgan fingerprint density at radius 2 is 2.03 bits per heavy atom. The molecule has 2 aromatic carbocycles. The van der Waals surface area contributed by atoms with Gasteiger partial charge >= 0.3 is 5.69 Å². The van der Waals surface area contributed by atoms with Crippen molar-refractivity contribution in [2.45, 2.75) is 29.9 Å². The highest BCUT2D eigenvalue weighted by Crippen LogP contribution is 2.47. The number of sulfonamides is 1. The first-order valence-corrected chi connectivity index (χ1v) is 15.0. The van der Waals surface area contributed by atoms with Crippen LogP contribution in [-0.4, -0.2) is 72.0 Å². The van der Waals surface area contributed by atoms with Gasteiger partial charge in [0.2, 0.25) is 10.0 Å². The summed E-state index contributed by atoms with van der Waals surface area (Å²) in [6.07, 6.45) is 1.19. The minimum Gasteiger partial charge on any atom is -0.348 e. The van der Waals surface area contributed by atoms with Crippen LogP contribution in [0.15, 0.2) is 34.0 Å². The van der Waals surface area contributed by atoms with E-state index in [1.54, 1.807) is 10.6 Å². The highest BCUT2D eigenvalue weighted by Gasteiger charge is 2.51. The Morgan fingerprint density at radius 3 is 2.76 bits per heavy atom. The molecule has 0 bridgehead atoms. The zero-order chi connectivity index (χ0) is 26.3. The highest BCUT2D eigenvalue weighted by molar-refractivity contribution is 7.99. The van der Waals surface area contributed by atoms with Gasteiger partial charge in [-0.3, -0.25) is 4.57 Å². The summed E-state index contributed by atoms with van der Waals surface area (Å²) < 4.78 is 56.3. The van der Waals surface area contributed by atoms with Crippen LogP contribution in [0.4, 0.5) is 14.6 Å². The Balaban J connectivity index is 1.58. The molecule has 13 heteroatoms. The first kappa shape index (κ1) is 25.1. The van der Waals surface area contributed by atoms with E-state index in [9.17, 15) is 22.0 Å². The number of hydrogen-bond donors (Lipinski definition) is 1. The van der Waals surface area contributed by atoms with Gasteiger partial charge in [0, 0.05) is 66.0 Å². The summed E-state index contributed by atoms with van der Waals surface area (Å²) >= 11 is 8.24. The fraction of sp³-hybridized carbons (Fsp3) is 0.417. The minimum atomic E-state index is -3.42. The van der Waals surface area contributed by atoms with Crippen LogP contribution in [0.25, 0.3) is 22.0 Å². The third-order valence-corrected chi connectivity index (χ3v) is 10.1. The molecule has 3 aliphatic heterocycles. The van der Waals surface area contributed by atoms with Crippen molar-refractivity contribution in [3.05, 3.63) is 51.4 Å². The van der Waals surface area contributed by atoms with E-state index in [0.717, 1.165) is 6.07 Å². The van der Waals surface area contributed by atoms with E-state index in [4.69, 9.17) is 11.6 Å². The van der Waals surface area contributed by atoms with E-state index in [1.165, 1.54) is 34.5 Å². The summed E-state index contributed by atoms with van der Waals surface area (Å²) in [5, 5.41) is 4.36. The molecule has 0 spiro atoms. The smallest absolute Gasteiger partial charge is 0.348 e. The number of nitrogens with one attached hydrogen (secondary N) is 1. The summed E-state index contributed by atoms with van der Waals surface area (Å²) in [5.74, 6) is -0.432. The molecule has 2 atom stereocenters. The van der Waals surface area contributed by atoms with Gasteiger partial charge in [0.25, 0.3) is 0 Å². The van der Waals surface area contributed by atoms with Crippen LogP contribution < -0.4 is 15.9 Å². The number of aromatic nitrogens is 2. The maximum atomic E-state index is 14.9. The average Bonchev–Trinajstić information content (AvgIpc) is 3.20. The lowest BCUT2D eigenvalue weighted by Crippen LogP contribution is -2.65. The van der Waals surface area contributed by atoms with Crippen molar-refractivity contribution in [3.8, 4) is 11.1 Å². The van der Waals surface area contributed by atoms with Gasteiger partial charge in [0.05, 0.1) is 28.4 Å². The van der Waals surface area contributed by atoms with Gasteiger partial charge in [-0.15, -0.1) is 11.8 Å². The fourth-order valence-corrected chi connectivity index (χ4v) is 8.26. The van der Waals surface area contributed by atoms with Crippen molar-refractivity contribution < 1.29 is 17.2 Å². The Morgan fingerprint density at radius 1 is 1.24 bits per heavy atom. The van der Waals surface area contributed by atoms with Crippen LogP contribution >= 0.6 is 23.4 Å². The van der Waals surface area contributed by atoms with Crippen molar-refractivity contribution in [1.29, 1.82) is 0 Å². The molecular weight excluding hydrogens is 544 g/mol. The summed E-state index contributed by atoms with van der Waals surface area (Å²) in [4.78, 5) is 20.4. The summed E-state index contributed by atoms with van der Waals surface area (Å²) in [6, 6.07) is 4.77. The van der Waals surface area contributed by atoms with Crippen LogP contribution in [-0.2, 0) is 16.6 Å². The monoisotopic (exact) mass is 567 g/mol. The summed E-state index contributed by atoms with van der Waals surface area (Å²) in [5.41, 5.74) is 0.197. The Hall–Kier alpha value is -2.25. The predicted octanol–water partition coefficient (Wildman–Crippen LogP) is 2.91. The van der Waals surface area contributed by atoms with E-state index in [0.29, 0.717) is 59.1 Å². The third-order valence-electron chi connectivity index (χ3n) is 7.53. The van der Waals surface area contributed by atoms with Gasteiger partial charge in [-0.1, -0.05) is 11.6 Å². The summed E-state index contributed by atoms with van der Waals surface area (Å²) in [6.45, 7) is 4.05. The molecule has 196 valence electrons. The number of rotatable bonds is 3. The normalized spacial score (nSPS) is 24.0. The van der Waals surface area contributed by atoms with Crippen molar-refractivity contribution >= 4 is 50.1 Å². The van der Waals surface area contributed by atoms with E-state index in [1.807, 2.05) is 11.8 Å². The van der Waals surface area contributed by atoms with Crippen LogP contribution in [0.2, 0.25) is 5.02 Å². The maximum absolute atomic E-state index is 14.9. The molecule has 8 nitrogen and oxygen atoms in total. The van der Waals surface area contributed by atoms with Crippen LogP contribution in [0.5, 0.6) is 0 Å². The number of thioether (sulfide) groups is 1. The van der Waals surface area contributed by atoms with Gasteiger partial charge < -0.3 is 10.2 Å². The second-order valence-electron chi connectivity index (χ2n) is 9.91. The second-order valence-corrected chi connectivity index (χ2v) is 13.4. The molecule has 1 aromatic heterocycles. The van der Waals surface area contributed by atoms with E-state index in [-0.39, 0.29) is 23.2 Å². The Bertz CT molecular complexity index is 1630. The van der Waals surface area contributed by atoms with Crippen LogP contribution in [0.3, 0.4) is 0 Å². The zero-order valence-electron chi connectivity index (χ0n) is 20.1. The largest absolute Gasteiger partial charge is 0.350 e. The SMILES string of the molecule is C[C@]12CN(S(C)(=O)=O)C[C@H]1N(c1nc(=O)n3c4c(c(-c5ccc(F)cc5F)c(Cl)cc14)SCC3)CCN2. The van der Waals surface area contributed by atoms with Crippen molar-refractivity contribution in [1.82, 2.24) is 19.2 Å². The van der Waals surface area contributed by atoms with Crippen LogP contribution in [0.1, 0.15) is 6.92 Å². The van der Waals surface area contributed by atoms with Crippen molar-refractivity contribution in [2.75, 3.05) is 43.1 Å². The quantitative estimate of drug-likeness (QED) is 0.521. The molecule has 3 aromatic rings. The number of piperazine rings is 1. The average molecular weight is 568 g/mol. The molecule has 37 heavy (non-hydrogen) atoms. The Labute approximate surface area is 221 Å². The molecular formula is C24H24ClF2N5O3S2. The minimum absolute atomic E-state index is 0.157. The molecule has 1 N–H and O–H groups in total. The topological polar surface area (TPSA) is 87.5 Å². The lowest BCUT2D eigenvalue weighted by molar-refractivity contribution is 0.297. The third kappa shape index (κ3) is 3.95. The number of anilines is 1. The zero-order valence-corrected chi connectivity index (χ0v) is 22.5. The van der Waals surface area contributed by atoms with Gasteiger partial charge in [0.1, 0.15) is 17.5 Å². The number of benzene rings is 2. The van der Waals surface area contributed by atoms with Crippen molar-refractivity contribution in [3.63, 3.8) is 0 Å². The van der Waals surface area contributed by atoms with Gasteiger partial charge in [-0.05, 0) is 25.1 Å². The standard InChI is InChI=1S/C24H24ClF2N5O3S2/c1-24-12-30(37(2,34)35)11-18(24)31(6-5-28-24)22-15-10-16(25)19(14-4-3-13(26)9-17(14)27)21-20(15)32(7-8-36-21)23(33)29-22/h3-4,9-10,18,28H,5-8,11-12H2,1-2H3/t18-,24+/m1/s1. The molecule has 0 aliphatic carbocycles. The van der Waals surface area contributed by atoms with Crippen LogP contribution in [0, 0.1) is 11.6 Å². The molecule has 0 unspecified atom stereocenters. The molecule has 6 rings (SSSR count). The predicted molar refractivity (Wildman–Crippen MR) is 141 cm³/mol. The number of halogens is 3. The van der Waals surface area contributed by atoms with Crippen molar-refractivity contribution in [2.24, 2.45) is 0 Å². The van der Waals surface area contributed by atoms with E-state index in [2.05, 4.69) is 10.3 Å². The number of nitrogens with zero attached hydrogens (tertiary/aromatic N) is 4. The Kier molecular flexibility index (Phi) is 5.85. The molecule has 0 radical (unpaired) electrons. The molecule has 4 heterocycles. The highest BCUT2D eigenvalue weighted by atomic mass is 35.5. The number of aryl methyl sites for hydroxylation is 1. The number of hydrogen-bond acceptors (Lipinski definition) is 7. The maximum Gasteiger partial charge on any atom is 0.350 e. The lowest BCUT2D eigenvalue weighted by atomic mass is 9.91. The molecule has 0 saturated carbocycles. The first-order chi connectivity index (χ1) is 17.5. The summed E-state index contributed by atoms with van der Waals surface area (Å²) in [7, 11) is -3.42. The fourth-order valence-electron chi connectivity index (χ4n) is 5.78. The molecule has 0 amide bonds. The first-order valence-electron chi connectivity index (χ1n) is 11.8. The van der Waals surface area contributed by atoms with Gasteiger partial charge in [-0.2, -0.15) is 9.29 Å². The molecule has 2 saturated heterocycles. The lowest BCUT2D eigenvalue weighted by Gasteiger charge is -2.45. The van der Waals surface area contributed by atoms with E-state index < -0.39 is 32.9 Å². The van der Waals surface area contributed by atoms with Gasteiger partial charge in [-0.25, -0.2) is 22.0 Å². The molecule has 3 aliphatic rings. The van der Waals surface area contributed by atoms with Gasteiger partial charge in [0.15, 0.2) is 0 Å². The second kappa shape index (κ2) is 8.63. The van der Waals surface area contributed by atoms with E-state index >= 15 is 0 Å². The number of fused-ring (bicyclic) bond motifs is 1.